The number of hydrogen-bond acceptors (Lipinski definition) is 4. The summed E-state index contributed by atoms with van der Waals surface area (Å²) in [7, 11) is 0. The Balaban J connectivity index is 1.77. The van der Waals surface area contributed by atoms with E-state index in [2.05, 4.69) is 10.4 Å². The van der Waals surface area contributed by atoms with Gasteiger partial charge in [0.05, 0.1) is 16.3 Å². The smallest absolute Gasteiger partial charge is 0.285 e. The number of nitrogens with one attached hydrogen (secondary N) is 1. The van der Waals surface area contributed by atoms with Gasteiger partial charge in [0.2, 0.25) is 0 Å². The van der Waals surface area contributed by atoms with Crippen LogP contribution in [0.25, 0.3) is 0 Å². The van der Waals surface area contributed by atoms with Gasteiger partial charge >= 0.3 is 0 Å². The first-order valence-corrected chi connectivity index (χ1v) is 10.2. The Bertz CT molecular complexity index is 1270. The number of halogens is 2. The van der Waals surface area contributed by atoms with Crippen LogP contribution in [0.3, 0.4) is 0 Å². The summed E-state index contributed by atoms with van der Waals surface area (Å²) in [6.07, 6.45) is 3.14. The zero-order valence-corrected chi connectivity index (χ0v) is 17.5. The molecule has 5 rings (SSSR count). The summed E-state index contributed by atoms with van der Waals surface area (Å²) < 4.78 is 0. The number of carbonyl (C=O) groups is 1. The molecule has 3 aromatic carbocycles. The van der Waals surface area contributed by atoms with E-state index in [9.17, 15) is 10.1 Å². The van der Waals surface area contributed by atoms with Crippen molar-refractivity contribution in [3.63, 3.8) is 0 Å². The molecule has 0 aromatic heterocycles. The van der Waals surface area contributed by atoms with E-state index in [-0.39, 0.29) is 5.57 Å². The zero-order valence-electron chi connectivity index (χ0n) is 16.0. The van der Waals surface area contributed by atoms with E-state index in [1.54, 1.807) is 24.3 Å². The molecule has 5 nitrogen and oxygen atoms in total. The predicted octanol–water partition coefficient (Wildman–Crippen LogP) is 5.62. The summed E-state index contributed by atoms with van der Waals surface area (Å²) in [5.74, 6) is -0.492. The molecule has 0 unspecified atom stereocenters. The number of nitriles is 1. The summed E-state index contributed by atoms with van der Waals surface area (Å²) >= 11 is 12.6. The Morgan fingerprint density at radius 1 is 0.935 bits per heavy atom. The SMILES string of the molecule is N#CC1=CC2(c3ccccc3Nc3ccccc32)N(/N=C/c2c(Cl)cccc2Cl)C1=O. The first kappa shape index (κ1) is 19.4. The topological polar surface area (TPSA) is 68.5 Å². The molecule has 31 heavy (non-hydrogen) atoms. The Morgan fingerprint density at radius 2 is 1.52 bits per heavy atom. The van der Waals surface area contributed by atoms with Gasteiger partial charge in [-0.3, -0.25) is 4.79 Å². The third-order valence-electron chi connectivity index (χ3n) is 5.48. The van der Waals surface area contributed by atoms with Crippen LogP contribution in [0.15, 0.2) is 83.5 Å². The third kappa shape index (κ3) is 2.84. The van der Waals surface area contributed by atoms with Crippen LogP contribution in [0.1, 0.15) is 16.7 Å². The molecule has 0 bridgehead atoms. The number of carbonyl (C=O) groups excluding carboxylic acids is 1. The molecule has 0 atom stereocenters. The van der Waals surface area contributed by atoms with E-state index in [0.29, 0.717) is 15.6 Å². The summed E-state index contributed by atoms with van der Waals surface area (Å²) in [4.78, 5) is 13.3. The second kappa shape index (κ2) is 7.28. The van der Waals surface area contributed by atoms with E-state index in [4.69, 9.17) is 23.2 Å². The van der Waals surface area contributed by atoms with Gasteiger partial charge in [0.1, 0.15) is 17.2 Å². The Morgan fingerprint density at radius 3 is 2.10 bits per heavy atom. The van der Waals surface area contributed by atoms with Gasteiger partial charge in [0.15, 0.2) is 0 Å². The molecule has 7 heteroatoms. The minimum absolute atomic E-state index is 0.0221. The molecule has 2 heterocycles. The number of rotatable bonds is 2. The Labute approximate surface area is 188 Å². The van der Waals surface area contributed by atoms with Gasteiger partial charge < -0.3 is 5.32 Å². The maximum Gasteiger partial charge on any atom is 0.285 e. The van der Waals surface area contributed by atoms with Crippen LogP contribution in [0.5, 0.6) is 0 Å². The standard InChI is InChI=1S/C24H14Cl2N4O/c25-19-8-5-9-20(26)16(19)14-28-30-23(31)15(13-27)12-24(30)17-6-1-3-10-21(17)29-22-11-4-2-7-18(22)24/h1-12,14,29H/b28-14+. The average Bonchev–Trinajstić information content (AvgIpc) is 3.06. The lowest BCUT2D eigenvalue weighted by molar-refractivity contribution is -0.128. The Hall–Kier alpha value is -3.59. The molecular formula is C24H14Cl2N4O. The van der Waals surface area contributed by atoms with Gasteiger partial charge in [0, 0.05) is 28.1 Å². The van der Waals surface area contributed by atoms with Crippen LogP contribution in [0.4, 0.5) is 11.4 Å². The lowest BCUT2D eigenvalue weighted by atomic mass is 9.78. The van der Waals surface area contributed by atoms with Crippen molar-refractivity contribution < 1.29 is 4.79 Å². The first-order chi connectivity index (χ1) is 15.1. The highest BCUT2D eigenvalue weighted by Gasteiger charge is 2.52. The molecule has 1 amide bonds. The number of anilines is 2. The quantitative estimate of drug-likeness (QED) is 0.521. The summed E-state index contributed by atoms with van der Waals surface area (Å²) in [6, 6.07) is 22.5. The number of para-hydroxylation sites is 2. The van der Waals surface area contributed by atoms with Crippen LogP contribution in [0, 0.1) is 11.3 Å². The monoisotopic (exact) mass is 444 g/mol. The number of benzene rings is 3. The van der Waals surface area contributed by atoms with Crippen LogP contribution in [-0.4, -0.2) is 17.1 Å². The van der Waals surface area contributed by atoms with Gasteiger partial charge in [0.25, 0.3) is 5.91 Å². The maximum atomic E-state index is 13.3. The van der Waals surface area contributed by atoms with E-state index in [1.807, 2.05) is 54.6 Å². The predicted molar refractivity (Wildman–Crippen MR) is 122 cm³/mol. The van der Waals surface area contributed by atoms with Crippen LogP contribution < -0.4 is 5.32 Å². The summed E-state index contributed by atoms with van der Waals surface area (Å²) in [5, 5.41) is 19.8. The molecule has 0 saturated carbocycles. The fourth-order valence-electron chi connectivity index (χ4n) is 4.10. The van der Waals surface area contributed by atoms with Gasteiger partial charge in [-0.05, 0) is 30.3 Å². The maximum absolute atomic E-state index is 13.3. The lowest BCUT2D eigenvalue weighted by Gasteiger charge is -2.41. The molecule has 0 aliphatic carbocycles. The van der Waals surface area contributed by atoms with Crippen molar-refractivity contribution in [3.8, 4) is 6.07 Å². The van der Waals surface area contributed by atoms with E-state index in [1.165, 1.54) is 11.2 Å². The number of nitrogens with zero attached hydrogens (tertiary/aromatic N) is 3. The van der Waals surface area contributed by atoms with E-state index < -0.39 is 11.4 Å². The highest BCUT2D eigenvalue weighted by molar-refractivity contribution is 6.38. The fraction of sp³-hybridized carbons (Fsp3) is 0.0417. The number of amides is 1. The largest absolute Gasteiger partial charge is 0.355 e. The molecule has 1 N–H and O–H groups in total. The molecule has 1 spiro atoms. The average molecular weight is 445 g/mol. The fourth-order valence-corrected chi connectivity index (χ4v) is 4.60. The van der Waals surface area contributed by atoms with Gasteiger partial charge in [-0.25, -0.2) is 5.01 Å². The van der Waals surface area contributed by atoms with Crippen LogP contribution in [0.2, 0.25) is 10.0 Å². The van der Waals surface area contributed by atoms with Crippen molar-refractivity contribution in [3.05, 3.63) is 105 Å². The second-order valence-electron chi connectivity index (χ2n) is 7.15. The number of hydrazone groups is 1. The molecule has 3 aromatic rings. The van der Waals surface area contributed by atoms with Crippen molar-refractivity contribution in [2.24, 2.45) is 5.10 Å². The molecular weight excluding hydrogens is 431 g/mol. The molecule has 0 saturated heterocycles. The minimum Gasteiger partial charge on any atom is -0.355 e. The highest BCUT2D eigenvalue weighted by atomic mass is 35.5. The van der Waals surface area contributed by atoms with Crippen molar-refractivity contribution in [2.45, 2.75) is 5.54 Å². The lowest BCUT2D eigenvalue weighted by Crippen LogP contribution is -2.44. The van der Waals surface area contributed by atoms with Gasteiger partial charge in [-0.2, -0.15) is 10.4 Å². The van der Waals surface area contributed by atoms with Crippen molar-refractivity contribution in [1.29, 1.82) is 5.26 Å². The molecule has 2 aliphatic rings. The number of fused-ring (bicyclic) bond motifs is 4. The van der Waals surface area contributed by atoms with Crippen molar-refractivity contribution in [2.75, 3.05) is 5.32 Å². The second-order valence-corrected chi connectivity index (χ2v) is 7.96. The van der Waals surface area contributed by atoms with E-state index >= 15 is 0 Å². The van der Waals surface area contributed by atoms with Crippen LogP contribution >= 0.6 is 23.2 Å². The zero-order chi connectivity index (χ0) is 21.6. The van der Waals surface area contributed by atoms with Gasteiger partial charge in [-0.15, -0.1) is 0 Å². The van der Waals surface area contributed by atoms with E-state index in [0.717, 1.165) is 22.5 Å². The van der Waals surface area contributed by atoms with Crippen molar-refractivity contribution >= 4 is 46.7 Å². The third-order valence-corrected chi connectivity index (χ3v) is 6.14. The minimum atomic E-state index is -1.08. The summed E-state index contributed by atoms with van der Waals surface area (Å²) in [5.41, 5.74) is 2.74. The Kier molecular flexibility index (Phi) is 4.55. The highest BCUT2D eigenvalue weighted by Crippen LogP contribution is 2.52. The molecule has 2 aliphatic heterocycles. The summed E-state index contributed by atoms with van der Waals surface area (Å²) in [6.45, 7) is 0. The number of hydrogen-bond donors (Lipinski definition) is 1. The first-order valence-electron chi connectivity index (χ1n) is 9.48. The normalized spacial score (nSPS) is 16.0. The van der Waals surface area contributed by atoms with Gasteiger partial charge in [-0.1, -0.05) is 65.7 Å². The molecule has 150 valence electrons. The van der Waals surface area contributed by atoms with Crippen LogP contribution in [-0.2, 0) is 10.3 Å². The van der Waals surface area contributed by atoms with Crippen molar-refractivity contribution in [1.82, 2.24) is 5.01 Å². The molecule has 0 radical (unpaired) electrons. The molecule has 0 fully saturated rings.